The standard InChI is InChI=1S/C27H30F3N7O3S/c1-6-7-8-21-25(26(31)34-15(4)33-20-10-9-16(11-18(20)28)41(5,39)40)37(27(38)36(21)14(2)3)22-12-19(29)23(30)24-17(22)13-32-35-24/h8-14H,6-7,31H2,1-5H3,(H,32,35)(H,33,34)/b21-8-,26-25+. The number of halogens is 3. The highest BCUT2D eigenvalue weighted by Gasteiger charge is 2.22. The van der Waals surface area contributed by atoms with Crippen LogP contribution in [0.1, 0.15) is 46.6 Å². The van der Waals surface area contributed by atoms with Gasteiger partial charge in [0.25, 0.3) is 0 Å². The summed E-state index contributed by atoms with van der Waals surface area (Å²) in [6.07, 6.45) is 5.39. The van der Waals surface area contributed by atoms with Gasteiger partial charge in [-0.05, 0) is 45.4 Å². The Kier molecular flexibility index (Phi) is 8.15. The molecule has 4 N–H and O–H groups in total. The molecule has 41 heavy (non-hydrogen) atoms. The van der Waals surface area contributed by atoms with Crippen LogP contribution in [-0.4, -0.2) is 39.8 Å². The van der Waals surface area contributed by atoms with Gasteiger partial charge in [0.05, 0.1) is 27.8 Å². The molecule has 0 aliphatic carbocycles. The number of benzene rings is 2. The number of nitrogens with two attached hydrogens (primary N) is 1. The van der Waals surface area contributed by atoms with Crippen LogP contribution in [0.4, 0.5) is 18.9 Å². The average Bonchev–Trinajstić information content (AvgIpc) is 3.48. The van der Waals surface area contributed by atoms with Crippen LogP contribution in [0, 0.1) is 17.5 Å². The largest absolute Gasteiger partial charge is 0.382 e. The Hall–Kier alpha value is -4.33. The molecule has 2 aromatic carbocycles. The van der Waals surface area contributed by atoms with Crippen LogP contribution in [0.15, 0.2) is 45.1 Å². The second-order valence-electron chi connectivity index (χ2n) is 9.78. The molecule has 0 saturated heterocycles. The molecule has 2 aromatic heterocycles. The fourth-order valence-electron chi connectivity index (χ4n) is 4.48. The van der Waals surface area contributed by atoms with Crippen molar-refractivity contribution in [3.05, 3.63) is 69.1 Å². The fourth-order valence-corrected chi connectivity index (χ4v) is 5.11. The van der Waals surface area contributed by atoms with Crippen molar-refractivity contribution >= 4 is 44.2 Å². The Morgan fingerprint density at radius 1 is 1.22 bits per heavy atom. The van der Waals surface area contributed by atoms with E-state index < -0.39 is 33.0 Å². The van der Waals surface area contributed by atoms with E-state index in [2.05, 4.69) is 20.5 Å². The predicted octanol–water partition coefficient (Wildman–Crippen LogP) is 3.05. The maximum absolute atomic E-state index is 14.7. The van der Waals surface area contributed by atoms with Gasteiger partial charge in [-0.2, -0.15) is 5.10 Å². The van der Waals surface area contributed by atoms with Crippen molar-refractivity contribution in [3.8, 4) is 5.69 Å². The quantitative estimate of drug-likeness (QED) is 0.224. The summed E-state index contributed by atoms with van der Waals surface area (Å²) in [5.74, 6) is -3.21. The maximum Gasteiger partial charge on any atom is 0.334 e. The lowest BCUT2D eigenvalue weighted by atomic mass is 10.2. The Morgan fingerprint density at radius 2 is 1.93 bits per heavy atom. The summed E-state index contributed by atoms with van der Waals surface area (Å²) < 4.78 is 70.0. The predicted molar refractivity (Wildman–Crippen MR) is 152 cm³/mol. The lowest BCUT2D eigenvalue weighted by molar-refractivity contribution is 0.514. The highest BCUT2D eigenvalue weighted by molar-refractivity contribution is 7.90. The SMILES string of the molecule is CCC/C=c1/c(=C(N)\N=C(/C)Nc2ccc(S(C)(=O)=O)cc2F)n(-c2cc(F)c(F)c3[nH]ncc23)c(=O)n1C(C)C. The van der Waals surface area contributed by atoms with Crippen molar-refractivity contribution in [2.24, 2.45) is 10.7 Å². The first-order chi connectivity index (χ1) is 19.3. The van der Waals surface area contributed by atoms with Crippen LogP contribution in [-0.2, 0) is 9.84 Å². The van der Waals surface area contributed by atoms with Gasteiger partial charge in [0.15, 0.2) is 27.3 Å². The minimum Gasteiger partial charge on any atom is -0.382 e. The molecule has 0 spiro atoms. The van der Waals surface area contributed by atoms with Gasteiger partial charge in [0.2, 0.25) is 0 Å². The number of hydrogen-bond acceptors (Lipinski definition) is 6. The van der Waals surface area contributed by atoms with Gasteiger partial charge in [0, 0.05) is 23.8 Å². The number of nitrogens with one attached hydrogen (secondary N) is 2. The molecule has 2 heterocycles. The zero-order valence-corrected chi connectivity index (χ0v) is 23.9. The topological polar surface area (TPSA) is 140 Å². The summed E-state index contributed by atoms with van der Waals surface area (Å²) in [7, 11) is -3.61. The molecular formula is C27H30F3N7O3S. The number of anilines is 1. The molecule has 0 aliphatic heterocycles. The summed E-state index contributed by atoms with van der Waals surface area (Å²) in [4.78, 5) is 18.0. The van der Waals surface area contributed by atoms with Gasteiger partial charge in [-0.1, -0.05) is 19.4 Å². The third-order valence-corrected chi connectivity index (χ3v) is 7.44. The van der Waals surface area contributed by atoms with E-state index in [0.717, 1.165) is 29.4 Å². The molecule has 0 bridgehead atoms. The molecule has 0 radical (unpaired) electrons. The monoisotopic (exact) mass is 589 g/mol. The van der Waals surface area contributed by atoms with Gasteiger partial charge in [-0.15, -0.1) is 0 Å². The maximum atomic E-state index is 14.7. The summed E-state index contributed by atoms with van der Waals surface area (Å²) in [6, 6.07) is 3.94. The van der Waals surface area contributed by atoms with Gasteiger partial charge >= 0.3 is 5.69 Å². The minimum atomic E-state index is -3.61. The number of aromatic amines is 1. The molecule has 0 amide bonds. The molecule has 0 fully saturated rings. The smallest absolute Gasteiger partial charge is 0.334 e. The molecule has 4 aromatic rings. The van der Waals surface area contributed by atoms with Gasteiger partial charge in [0.1, 0.15) is 22.5 Å². The molecule has 0 saturated carbocycles. The third-order valence-electron chi connectivity index (χ3n) is 6.33. The van der Waals surface area contributed by atoms with Crippen molar-refractivity contribution in [2.45, 2.75) is 51.5 Å². The van der Waals surface area contributed by atoms with Gasteiger partial charge in [-0.25, -0.2) is 31.4 Å². The molecule has 0 aliphatic rings. The van der Waals surface area contributed by atoms with Gasteiger partial charge in [-0.3, -0.25) is 14.2 Å². The number of fused-ring (bicyclic) bond motifs is 1. The first kappa shape index (κ1) is 29.6. The number of sulfone groups is 1. The highest BCUT2D eigenvalue weighted by atomic mass is 32.2. The van der Waals surface area contributed by atoms with Crippen molar-refractivity contribution in [2.75, 3.05) is 11.6 Å². The lowest BCUT2D eigenvalue weighted by Crippen LogP contribution is -2.37. The minimum absolute atomic E-state index is 0.00405. The van der Waals surface area contributed by atoms with Crippen LogP contribution in [0.25, 0.3) is 28.5 Å². The summed E-state index contributed by atoms with van der Waals surface area (Å²) in [5.41, 5.74) is 5.65. The number of hydrogen-bond donors (Lipinski definition) is 3. The zero-order chi connectivity index (χ0) is 30.2. The number of aromatic nitrogens is 4. The summed E-state index contributed by atoms with van der Waals surface area (Å²) in [5, 5.41) is 9.68. The Bertz CT molecular complexity index is 1970. The van der Waals surface area contributed by atoms with E-state index >= 15 is 0 Å². The number of rotatable bonds is 7. The Labute approximate surface area is 233 Å². The highest BCUT2D eigenvalue weighted by Crippen LogP contribution is 2.24. The number of imidazole rings is 1. The number of aliphatic imine (C=N–C) groups is 1. The van der Waals surface area contributed by atoms with Crippen molar-refractivity contribution in [1.29, 1.82) is 0 Å². The zero-order valence-electron chi connectivity index (χ0n) is 23.1. The number of H-pyrrole nitrogens is 1. The van der Waals surface area contributed by atoms with E-state index in [4.69, 9.17) is 5.73 Å². The van der Waals surface area contributed by atoms with E-state index in [1.807, 2.05) is 13.0 Å². The summed E-state index contributed by atoms with van der Waals surface area (Å²) in [6.45, 7) is 7.05. The molecule has 10 nitrogen and oxygen atoms in total. The van der Waals surface area contributed by atoms with Crippen LogP contribution in [0.3, 0.4) is 0 Å². The first-order valence-electron chi connectivity index (χ1n) is 12.7. The number of amidine groups is 1. The lowest BCUT2D eigenvalue weighted by Gasteiger charge is -2.09. The fraction of sp³-hybridized carbons (Fsp3) is 0.296. The van der Waals surface area contributed by atoms with E-state index in [1.165, 1.54) is 29.8 Å². The number of unbranched alkanes of at least 4 members (excludes halogenated alkanes) is 1. The van der Waals surface area contributed by atoms with Crippen molar-refractivity contribution in [1.82, 2.24) is 19.3 Å². The Balaban J connectivity index is 2.02. The molecule has 0 atom stereocenters. The average molecular weight is 590 g/mol. The normalized spacial score (nSPS) is 13.9. The van der Waals surface area contributed by atoms with Crippen LogP contribution >= 0.6 is 0 Å². The molecule has 4 rings (SSSR count). The van der Waals surface area contributed by atoms with Gasteiger partial charge < -0.3 is 11.1 Å². The molecular weight excluding hydrogens is 559 g/mol. The molecule has 218 valence electrons. The second kappa shape index (κ2) is 11.3. The number of nitrogens with zero attached hydrogens (tertiary/aromatic N) is 4. The van der Waals surface area contributed by atoms with E-state index in [0.29, 0.717) is 11.8 Å². The Morgan fingerprint density at radius 3 is 2.54 bits per heavy atom. The van der Waals surface area contributed by atoms with Crippen molar-refractivity contribution in [3.63, 3.8) is 0 Å². The third kappa shape index (κ3) is 5.64. The molecule has 14 heteroatoms. The summed E-state index contributed by atoms with van der Waals surface area (Å²) >= 11 is 0. The van der Waals surface area contributed by atoms with Crippen LogP contribution in [0.5, 0.6) is 0 Å². The van der Waals surface area contributed by atoms with E-state index in [1.54, 1.807) is 13.8 Å². The molecule has 0 unspecified atom stereocenters. The van der Waals surface area contributed by atoms with E-state index in [9.17, 15) is 26.4 Å². The van der Waals surface area contributed by atoms with Crippen LogP contribution in [0.2, 0.25) is 0 Å². The van der Waals surface area contributed by atoms with Crippen molar-refractivity contribution < 1.29 is 21.6 Å². The van der Waals surface area contributed by atoms with Crippen LogP contribution < -0.4 is 27.4 Å². The second-order valence-corrected chi connectivity index (χ2v) is 11.8. The first-order valence-corrected chi connectivity index (χ1v) is 14.6. The van der Waals surface area contributed by atoms with E-state index in [-0.39, 0.29) is 50.2 Å².